The van der Waals surface area contributed by atoms with Gasteiger partial charge in [-0.3, -0.25) is 9.69 Å². The van der Waals surface area contributed by atoms with E-state index in [1.54, 1.807) is 4.90 Å². The van der Waals surface area contributed by atoms with E-state index in [0.717, 1.165) is 38.6 Å². The molecular weight excluding hydrogens is 232 g/mol. The van der Waals surface area contributed by atoms with E-state index < -0.39 is 0 Å². The number of rotatable bonds is 2. The molecule has 0 N–H and O–H groups in total. The number of likely N-dealkylation sites (tertiary alicyclic amines) is 2. The predicted octanol–water partition coefficient (Wildman–Crippen LogP) is 0.635. The van der Waals surface area contributed by atoms with Crippen molar-refractivity contribution < 1.29 is 14.3 Å². The topological polar surface area (TPSA) is 49.9 Å². The number of ether oxygens (including phenoxy) is 1. The molecule has 0 aromatic carbocycles. The van der Waals surface area contributed by atoms with Gasteiger partial charge in [-0.15, -0.1) is 0 Å². The fraction of sp³-hybridized carbons (Fsp3) is 0.846. The molecule has 0 saturated carbocycles. The molecule has 18 heavy (non-hydrogen) atoms. The van der Waals surface area contributed by atoms with Crippen LogP contribution in [0.2, 0.25) is 0 Å². The van der Waals surface area contributed by atoms with Crippen molar-refractivity contribution in [3.05, 3.63) is 0 Å². The minimum Gasteiger partial charge on any atom is -0.467 e. The minimum atomic E-state index is -0.363. The van der Waals surface area contributed by atoms with Crippen molar-refractivity contribution in [3.8, 4) is 0 Å². The van der Waals surface area contributed by atoms with Crippen LogP contribution < -0.4 is 0 Å². The molecule has 2 aliphatic heterocycles. The van der Waals surface area contributed by atoms with Gasteiger partial charge < -0.3 is 9.64 Å². The van der Waals surface area contributed by atoms with Crippen LogP contribution in [0.1, 0.15) is 32.1 Å². The zero-order valence-corrected chi connectivity index (χ0v) is 11.2. The summed E-state index contributed by atoms with van der Waals surface area (Å²) >= 11 is 0. The number of methoxy groups -OCH3 is 1. The molecule has 2 atom stereocenters. The van der Waals surface area contributed by atoms with Crippen LogP contribution in [0.5, 0.6) is 0 Å². The molecule has 0 aromatic heterocycles. The molecule has 5 heteroatoms. The molecule has 1 amide bonds. The summed E-state index contributed by atoms with van der Waals surface area (Å²) in [5, 5.41) is 0. The van der Waals surface area contributed by atoms with E-state index in [9.17, 15) is 9.59 Å². The second-order valence-electron chi connectivity index (χ2n) is 5.21. The number of piperidine rings is 1. The zero-order chi connectivity index (χ0) is 13.1. The number of carbonyl (C=O) groups excluding carboxylic acids is 2. The van der Waals surface area contributed by atoms with Gasteiger partial charge in [0.1, 0.15) is 6.04 Å². The molecular formula is C13H22N2O3. The van der Waals surface area contributed by atoms with E-state index in [0.29, 0.717) is 6.54 Å². The second-order valence-corrected chi connectivity index (χ2v) is 5.21. The van der Waals surface area contributed by atoms with Gasteiger partial charge in [0.05, 0.1) is 13.2 Å². The Kier molecular flexibility index (Phi) is 4.22. The van der Waals surface area contributed by atoms with E-state index in [1.165, 1.54) is 7.11 Å². The van der Waals surface area contributed by atoms with Crippen molar-refractivity contribution in [2.45, 2.75) is 44.2 Å². The molecule has 0 spiro atoms. The number of hydrogen-bond donors (Lipinski definition) is 0. The van der Waals surface area contributed by atoms with Gasteiger partial charge in [0, 0.05) is 6.54 Å². The average Bonchev–Trinajstić information content (AvgIpc) is 2.86. The van der Waals surface area contributed by atoms with Crippen molar-refractivity contribution in [1.82, 2.24) is 9.80 Å². The van der Waals surface area contributed by atoms with Crippen LogP contribution in [0.4, 0.5) is 0 Å². The van der Waals surface area contributed by atoms with Gasteiger partial charge in [-0.1, -0.05) is 6.42 Å². The molecule has 0 aliphatic carbocycles. The van der Waals surface area contributed by atoms with Crippen LogP contribution in [0.15, 0.2) is 0 Å². The number of esters is 1. The van der Waals surface area contributed by atoms with Crippen LogP contribution in [0, 0.1) is 0 Å². The maximum Gasteiger partial charge on any atom is 0.328 e. The van der Waals surface area contributed by atoms with Crippen LogP contribution in [0.25, 0.3) is 0 Å². The van der Waals surface area contributed by atoms with Crippen molar-refractivity contribution in [2.75, 3.05) is 27.2 Å². The van der Waals surface area contributed by atoms with Crippen LogP contribution in [0.3, 0.4) is 0 Å². The first-order chi connectivity index (χ1) is 8.65. The highest BCUT2D eigenvalue weighted by molar-refractivity contribution is 5.88. The fourth-order valence-electron chi connectivity index (χ4n) is 2.99. The van der Waals surface area contributed by atoms with Crippen LogP contribution >= 0.6 is 0 Å². The number of amides is 1. The van der Waals surface area contributed by atoms with Gasteiger partial charge in [0.2, 0.25) is 5.91 Å². The van der Waals surface area contributed by atoms with E-state index in [-0.39, 0.29) is 24.0 Å². The summed E-state index contributed by atoms with van der Waals surface area (Å²) in [5.41, 5.74) is 0. The quantitative estimate of drug-likeness (QED) is 0.678. The lowest BCUT2D eigenvalue weighted by molar-refractivity contribution is -0.153. The summed E-state index contributed by atoms with van der Waals surface area (Å²) in [5.74, 6) is -0.176. The summed E-state index contributed by atoms with van der Waals surface area (Å²) in [6.45, 7) is 1.65. The monoisotopic (exact) mass is 254 g/mol. The molecule has 2 aliphatic rings. The first kappa shape index (κ1) is 13.3. The fourth-order valence-corrected chi connectivity index (χ4v) is 2.99. The molecule has 1 unspecified atom stereocenters. The molecule has 2 saturated heterocycles. The molecule has 0 radical (unpaired) electrons. The van der Waals surface area contributed by atoms with Gasteiger partial charge in [-0.25, -0.2) is 4.79 Å². The lowest BCUT2D eigenvalue weighted by Crippen LogP contribution is -2.52. The third-order valence-corrected chi connectivity index (χ3v) is 4.06. The number of carbonyl (C=O) groups is 2. The van der Waals surface area contributed by atoms with E-state index in [1.807, 2.05) is 7.05 Å². The highest BCUT2D eigenvalue weighted by atomic mass is 16.5. The zero-order valence-electron chi connectivity index (χ0n) is 11.2. The molecule has 102 valence electrons. The Balaban J connectivity index is 2.05. The third kappa shape index (κ3) is 2.51. The Hall–Kier alpha value is -1.10. The third-order valence-electron chi connectivity index (χ3n) is 4.06. The first-order valence-electron chi connectivity index (χ1n) is 6.73. The Morgan fingerprint density at radius 2 is 1.78 bits per heavy atom. The second kappa shape index (κ2) is 5.69. The number of nitrogens with zero attached hydrogens (tertiary/aromatic N) is 2. The predicted molar refractivity (Wildman–Crippen MR) is 67.0 cm³/mol. The van der Waals surface area contributed by atoms with Crippen molar-refractivity contribution >= 4 is 11.9 Å². The minimum absolute atomic E-state index is 0.0518. The molecule has 0 bridgehead atoms. The van der Waals surface area contributed by atoms with E-state index >= 15 is 0 Å². The van der Waals surface area contributed by atoms with E-state index in [4.69, 9.17) is 4.74 Å². The largest absolute Gasteiger partial charge is 0.467 e. The van der Waals surface area contributed by atoms with Gasteiger partial charge in [-0.2, -0.15) is 0 Å². The molecule has 2 heterocycles. The summed E-state index contributed by atoms with van der Waals surface area (Å²) in [4.78, 5) is 28.0. The van der Waals surface area contributed by atoms with Crippen LogP contribution in [-0.2, 0) is 14.3 Å². The maximum absolute atomic E-state index is 12.5. The molecule has 0 aromatic rings. The SMILES string of the molecule is COC(=O)[C@@H]1CCCN1C(=O)C1CCCCN1C. The first-order valence-corrected chi connectivity index (χ1v) is 6.73. The summed E-state index contributed by atoms with van der Waals surface area (Å²) in [6, 6.07) is -0.415. The van der Waals surface area contributed by atoms with Crippen molar-refractivity contribution in [3.63, 3.8) is 0 Å². The highest BCUT2D eigenvalue weighted by Crippen LogP contribution is 2.24. The standard InChI is InChI=1S/C13H22N2O3/c1-14-8-4-3-6-10(14)12(16)15-9-5-7-11(15)13(17)18-2/h10-11H,3-9H2,1-2H3/t10?,11-/m0/s1. The lowest BCUT2D eigenvalue weighted by Gasteiger charge is -2.35. The summed E-state index contributed by atoms with van der Waals surface area (Å²) in [6.07, 6.45) is 4.77. The summed E-state index contributed by atoms with van der Waals surface area (Å²) < 4.78 is 4.78. The Morgan fingerprint density at radius 3 is 2.44 bits per heavy atom. The molecule has 2 fully saturated rings. The van der Waals surface area contributed by atoms with Gasteiger partial charge in [-0.05, 0) is 39.3 Å². The lowest BCUT2D eigenvalue weighted by atomic mass is 10.0. The van der Waals surface area contributed by atoms with Gasteiger partial charge in [0.15, 0.2) is 0 Å². The van der Waals surface area contributed by atoms with Crippen LogP contribution in [-0.4, -0.2) is 61.0 Å². The Labute approximate surface area is 108 Å². The smallest absolute Gasteiger partial charge is 0.328 e. The normalized spacial score (nSPS) is 29.3. The van der Waals surface area contributed by atoms with E-state index in [2.05, 4.69) is 4.90 Å². The molecule has 2 rings (SSSR count). The van der Waals surface area contributed by atoms with Gasteiger partial charge in [0.25, 0.3) is 0 Å². The number of likely N-dealkylation sites (N-methyl/N-ethyl adjacent to an activating group) is 1. The Morgan fingerprint density at radius 1 is 1.06 bits per heavy atom. The Bertz CT molecular complexity index is 332. The van der Waals surface area contributed by atoms with Gasteiger partial charge >= 0.3 is 5.97 Å². The highest BCUT2D eigenvalue weighted by Gasteiger charge is 2.39. The summed E-state index contributed by atoms with van der Waals surface area (Å²) in [7, 11) is 3.38. The molecule has 5 nitrogen and oxygen atoms in total. The maximum atomic E-state index is 12.5. The number of hydrogen-bond acceptors (Lipinski definition) is 4. The average molecular weight is 254 g/mol. The van der Waals surface area contributed by atoms with Crippen molar-refractivity contribution in [2.24, 2.45) is 0 Å². The van der Waals surface area contributed by atoms with Crippen molar-refractivity contribution in [1.29, 1.82) is 0 Å².